The monoisotopic (exact) mass is 379 g/mol. The topological polar surface area (TPSA) is 74.8 Å². The molecule has 0 spiro atoms. The van der Waals surface area contributed by atoms with Crippen LogP contribution in [0.1, 0.15) is 37.6 Å². The van der Waals surface area contributed by atoms with Gasteiger partial charge in [-0.2, -0.15) is 0 Å². The maximum absolute atomic E-state index is 12.6. The summed E-state index contributed by atoms with van der Waals surface area (Å²) in [5.41, 5.74) is 0.991. The van der Waals surface area contributed by atoms with Crippen molar-refractivity contribution in [2.75, 3.05) is 6.54 Å². The number of aryl methyl sites for hydroxylation is 1. The van der Waals surface area contributed by atoms with Crippen LogP contribution >= 0.6 is 23.1 Å². The lowest BCUT2D eigenvalue weighted by molar-refractivity contribution is -0.120. The molecule has 0 saturated carbocycles. The number of amides is 1. The van der Waals surface area contributed by atoms with Crippen LogP contribution in [0.2, 0.25) is 0 Å². The minimum atomic E-state index is -0.346. The van der Waals surface area contributed by atoms with E-state index in [4.69, 9.17) is 0 Å². The van der Waals surface area contributed by atoms with Crippen LogP contribution in [-0.4, -0.2) is 27.7 Å². The highest BCUT2D eigenvalue weighted by molar-refractivity contribution is 8.00. The van der Waals surface area contributed by atoms with Crippen molar-refractivity contribution in [1.29, 1.82) is 0 Å². The average molecular weight is 380 g/mol. The Labute approximate surface area is 156 Å². The number of carbonyl (C=O) groups excluding carboxylic acids is 1. The molecule has 0 unspecified atom stereocenters. The second-order valence-electron chi connectivity index (χ2n) is 6.20. The first kappa shape index (κ1) is 19.7. The molecule has 0 radical (unpaired) electrons. The Balaban J connectivity index is 2.29. The number of hydrogen-bond donors (Lipinski definition) is 2. The van der Waals surface area contributed by atoms with Crippen LogP contribution in [-0.2, 0) is 11.2 Å². The van der Waals surface area contributed by atoms with Crippen molar-refractivity contribution in [3.05, 3.63) is 33.4 Å². The molecule has 2 aromatic rings. The normalized spacial score (nSPS) is 13.6. The van der Waals surface area contributed by atoms with Gasteiger partial charge in [0.25, 0.3) is 5.56 Å². The minimum Gasteiger partial charge on any atom is -0.352 e. The second kappa shape index (κ2) is 8.67. The molecule has 0 aromatic carbocycles. The Morgan fingerprint density at radius 1 is 1.48 bits per heavy atom. The Bertz CT molecular complexity index is 826. The Hall–Kier alpha value is -1.60. The summed E-state index contributed by atoms with van der Waals surface area (Å²) in [6.07, 6.45) is 3.60. The predicted octanol–water partition coefficient (Wildman–Crippen LogP) is 3.66. The highest BCUT2D eigenvalue weighted by atomic mass is 32.2. The molecule has 2 rings (SSSR count). The molecule has 2 heterocycles. The highest BCUT2D eigenvalue weighted by Gasteiger charge is 2.19. The molecule has 7 heteroatoms. The number of fused-ring (bicyclic) bond motifs is 1. The lowest BCUT2D eigenvalue weighted by Gasteiger charge is -2.10. The van der Waals surface area contributed by atoms with Crippen LogP contribution in [0, 0.1) is 12.8 Å². The van der Waals surface area contributed by atoms with Gasteiger partial charge in [0.05, 0.1) is 10.6 Å². The number of nitrogens with one attached hydrogen (secondary N) is 2. The van der Waals surface area contributed by atoms with E-state index in [9.17, 15) is 9.59 Å². The number of aromatic amines is 1. The number of rotatable bonds is 8. The third-order valence-corrected chi connectivity index (χ3v) is 6.19. The van der Waals surface area contributed by atoms with E-state index in [0.717, 1.165) is 28.1 Å². The van der Waals surface area contributed by atoms with Gasteiger partial charge in [0.15, 0.2) is 5.16 Å². The second-order valence-corrected chi connectivity index (χ2v) is 8.73. The number of H-pyrrole nitrogens is 1. The molecule has 25 heavy (non-hydrogen) atoms. The van der Waals surface area contributed by atoms with Gasteiger partial charge in [-0.25, -0.2) is 4.98 Å². The molecular formula is C18H25N3O2S2. The van der Waals surface area contributed by atoms with Crippen molar-refractivity contribution in [3.8, 4) is 0 Å². The summed E-state index contributed by atoms with van der Waals surface area (Å²) in [5.74, 6) is 0.422. The quantitative estimate of drug-likeness (QED) is 0.417. The molecule has 2 N–H and O–H groups in total. The first-order valence-electron chi connectivity index (χ1n) is 8.44. The van der Waals surface area contributed by atoms with E-state index in [1.807, 2.05) is 6.92 Å². The fourth-order valence-electron chi connectivity index (χ4n) is 2.49. The van der Waals surface area contributed by atoms with Crippen molar-refractivity contribution in [1.82, 2.24) is 15.3 Å². The average Bonchev–Trinajstić information content (AvgIpc) is 2.88. The van der Waals surface area contributed by atoms with E-state index in [2.05, 4.69) is 35.7 Å². The smallest absolute Gasteiger partial charge is 0.260 e. The molecule has 2 atom stereocenters. The van der Waals surface area contributed by atoms with Crippen LogP contribution in [0.3, 0.4) is 0 Å². The van der Waals surface area contributed by atoms with Gasteiger partial charge in [0.2, 0.25) is 5.91 Å². The molecule has 0 aliphatic rings. The van der Waals surface area contributed by atoms with Crippen molar-refractivity contribution >= 4 is 39.2 Å². The Kier molecular flexibility index (Phi) is 6.84. The zero-order valence-electron chi connectivity index (χ0n) is 15.1. The molecule has 2 aromatic heterocycles. The van der Waals surface area contributed by atoms with Gasteiger partial charge in [0.1, 0.15) is 4.83 Å². The van der Waals surface area contributed by atoms with E-state index < -0.39 is 0 Å². The van der Waals surface area contributed by atoms with Gasteiger partial charge in [-0.1, -0.05) is 38.1 Å². The van der Waals surface area contributed by atoms with Crippen molar-refractivity contribution in [2.24, 2.45) is 5.92 Å². The summed E-state index contributed by atoms with van der Waals surface area (Å²) in [7, 11) is 0. The number of thiophene rings is 1. The molecular weight excluding hydrogens is 354 g/mol. The largest absolute Gasteiger partial charge is 0.352 e. The van der Waals surface area contributed by atoms with E-state index >= 15 is 0 Å². The lowest BCUT2D eigenvalue weighted by atomic mass is 9.98. The van der Waals surface area contributed by atoms with Crippen molar-refractivity contribution < 1.29 is 4.79 Å². The van der Waals surface area contributed by atoms with Crippen LogP contribution in [0.4, 0.5) is 0 Å². The Morgan fingerprint density at radius 2 is 2.20 bits per heavy atom. The number of aromatic nitrogens is 2. The van der Waals surface area contributed by atoms with E-state index in [-0.39, 0.29) is 16.7 Å². The minimum absolute atomic E-state index is 0.104. The fraction of sp³-hybridized carbons (Fsp3) is 0.500. The summed E-state index contributed by atoms with van der Waals surface area (Å²) in [6, 6.07) is 0. The van der Waals surface area contributed by atoms with E-state index in [1.54, 1.807) is 24.3 Å². The summed E-state index contributed by atoms with van der Waals surface area (Å²) >= 11 is 2.81. The van der Waals surface area contributed by atoms with Gasteiger partial charge in [0, 0.05) is 11.4 Å². The van der Waals surface area contributed by atoms with Crippen LogP contribution in [0.25, 0.3) is 10.2 Å². The number of thioether (sulfide) groups is 1. The summed E-state index contributed by atoms with van der Waals surface area (Å²) in [5, 5.41) is 3.59. The maximum atomic E-state index is 12.6. The molecule has 5 nitrogen and oxygen atoms in total. The van der Waals surface area contributed by atoms with Gasteiger partial charge in [-0.05, 0) is 31.7 Å². The number of hydrogen-bond acceptors (Lipinski definition) is 5. The number of carbonyl (C=O) groups is 1. The third-order valence-electron chi connectivity index (χ3n) is 4.17. The molecule has 136 valence electrons. The van der Waals surface area contributed by atoms with Gasteiger partial charge in [-0.15, -0.1) is 17.9 Å². The van der Waals surface area contributed by atoms with E-state index in [0.29, 0.717) is 23.0 Å². The molecule has 0 bridgehead atoms. The lowest BCUT2D eigenvalue weighted by Crippen LogP contribution is -2.31. The zero-order valence-corrected chi connectivity index (χ0v) is 16.8. The van der Waals surface area contributed by atoms with Crippen LogP contribution in [0.15, 0.2) is 22.6 Å². The summed E-state index contributed by atoms with van der Waals surface area (Å²) < 4.78 is 0. The van der Waals surface area contributed by atoms with Gasteiger partial charge >= 0.3 is 0 Å². The SMILES string of the molecule is C=CCNC(=O)[C@@H](C)Sc1nc2sc(C)c(C[C@@H](C)CC)c2c(=O)[nH]1. The summed E-state index contributed by atoms with van der Waals surface area (Å²) in [6.45, 7) is 12.2. The molecule has 0 saturated heterocycles. The third kappa shape index (κ3) is 4.73. The first-order valence-corrected chi connectivity index (χ1v) is 10.1. The van der Waals surface area contributed by atoms with Gasteiger partial charge in [-0.3, -0.25) is 9.59 Å². The zero-order chi connectivity index (χ0) is 18.6. The standard InChI is InChI=1S/C18H25N3O2S2/c1-6-8-19-15(22)12(5)25-18-20-16(23)14-13(9-10(3)7-2)11(4)24-17(14)21-18/h6,10,12H,1,7-9H2,2-5H3,(H,19,22)(H,20,21,23)/t10-,12+/m0/s1. The molecule has 1 amide bonds. The highest BCUT2D eigenvalue weighted by Crippen LogP contribution is 2.31. The molecule has 0 fully saturated rings. The Morgan fingerprint density at radius 3 is 2.84 bits per heavy atom. The van der Waals surface area contributed by atoms with E-state index in [1.165, 1.54) is 11.8 Å². The first-order chi connectivity index (χ1) is 11.9. The maximum Gasteiger partial charge on any atom is 0.260 e. The van der Waals surface area contributed by atoms with Crippen LogP contribution in [0.5, 0.6) is 0 Å². The molecule has 0 aliphatic heterocycles. The number of nitrogens with zero attached hydrogens (tertiary/aromatic N) is 1. The van der Waals surface area contributed by atoms with Crippen LogP contribution < -0.4 is 10.9 Å². The van der Waals surface area contributed by atoms with Crippen molar-refractivity contribution in [3.63, 3.8) is 0 Å². The van der Waals surface area contributed by atoms with Gasteiger partial charge < -0.3 is 10.3 Å². The van der Waals surface area contributed by atoms with Crippen molar-refractivity contribution in [2.45, 2.75) is 50.9 Å². The predicted molar refractivity (Wildman–Crippen MR) is 107 cm³/mol. The summed E-state index contributed by atoms with van der Waals surface area (Å²) in [4.78, 5) is 33.9. The molecule has 0 aliphatic carbocycles. The fourth-order valence-corrected chi connectivity index (χ4v) is 4.42.